The molecule has 0 heterocycles. The quantitative estimate of drug-likeness (QED) is 0.334. The fraction of sp³-hybridized carbons (Fsp3) is 0.375. The van der Waals surface area contributed by atoms with Gasteiger partial charge in [0.15, 0.2) is 0 Å². The second kappa shape index (κ2) is 6.51. The molecule has 0 aromatic rings. The summed E-state index contributed by atoms with van der Waals surface area (Å²) in [5.41, 5.74) is 4.78. The first-order valence-corrected chi connectivity index (χ1v) is 4.31. The lowest BCUT2D eigenvalue weighted by Gasteiger charge is -2.06. The predicted octanol–water partition coefficient (Wildman–Crippen LogP) is 0.692. The van der Waals surface area contributed by atoms with E-state index in [1.807, 2.05) is 0 Å². The molecule has 0 aromatic heterocycles. The third kappa shape index (κ3) is 6.93. The van der Waals surface area contributed by atoms with Crippen LogP contribution in [0.5, 0.6) is 0 Å². The number of amides is 2. The van der Waals surface area contributed by atoms with Crippen LogP contribution in [-0.4, -0.2) is 31.0 Å². The van der Waals surface area contributed by atoms with Crippen molar-refractivity contribution in [2.75, 3.05) is 6.61 Å². The maximum absolute atomic E-state index is 12.3. The van der Waals surface area contributed by atoms with Gasteiger partial charge in [-0.3, -0.25) is 0 Å². The lowest BCUT2D eigenvalue weighted by molar-refractivity contribution is -0.138. The lowest BCUT2D eigenvalue weighted by Crippen LogP contribution is -2.25. The van der Waals surface area contributed by atoms with Crippen LogP contribution in [0.25, 0.3) is 0 Å². The highest BCUT2D eigenvalue weighted by Crippen LogP contribution is 2.24. The van der Waals surface area contributed by atoms with E-state index in [-0.39, 0.29) is 18.9 Å². The van der Waals surface area contributed by atoms with E-state index < -0.39 is 23.7 Å². The number of esters is 1. The normalized spacial score (nSPS) is 12.6. The van der Waals surface area contributed by atoms with Gasteiger partial charge in [0.05, 0.1) is 18.4 Å². The number of carbonyl (C=O) groups excluding carboxylic acids is 2. The summed E-state index contributed by atoms with van der Waals surface area (Å²) in [5, 5.41) is 2.91. The summed E-state index contributed by atoms with van der Waals surface area (Å²) in [4.78, 5) is 21.0. The number of urea groups is 1. The summed E-state index contributed by atoms with van der Waals surface area (Å²) < 4.78 is 41.3. The number of nitrogens with zero attached hydrogens (tertiary/aromatic N) is 1. The van der Waals surface area contributed by atoms with Gasteiger partial charge in [-0.2, -0.15) is 18.3 Å². The standard InChI is InChI=1S/C8H10F3N3O3/c1-2-17-6(15)3-5(8(9,10)11)4-13-14-7(12)16/h3-4H,2H2,1H3,(H3,12,14,16)/b5-3-,13-4-. The van der Waals surface area contributed by atoms with Crippen LogP contribution >= 0.6 is 0 Å². The van der Waals surface area contributed by atoms with E-state index in [1.54, 1.807) is 5.43 Å². The number of alkyl halides is 3. The number of hydrogen-bond acceptors (Lipinski definition) is 4. The van der Waals surface area contributed by atoms with Crippen molar-refractivity contribution in [3.05, 3.63) is 11.6 Å². The Hall–Kier alpha value is -2.06. The second-order valence-electron chi connectivity index (χ2n) is 2.58. The van der Waals surface area contributed by atoms with Gasteiger partial charge in [0.2, 0.25) is 0 Å². The van der Waals surface area contributed by atoms with Crippen molar-refractivity contribution >= 4 is 18.2 Å². The van der Waals surface area contributed by atoms with E-state index in [9.17, 15) is 22.8 Å². The summed E-state index contributed by atoms with van der Waals surface area (Å²) >= 11 is 0. The minimum absolute atomic E-state index is 0.0584. The van der Waals surface area contributed by atoms with Crippen LogP contribution in [0.4, 0.5) is 18.0 Å². The molecule has 0 atom stereocenters. The number of hydrogen-bond donors (Lipinski definition) is 2. The van der Waals surface area contributed by atoms with Crippen LogP contribution in [0.3, 0.4) is 0 Å². The molecular weight excluding hydrogens is 243 g/mol. The van der Waals surface area contributed by atoms with Gasteiger partial charge in [-0.1, -0.05) is 0 Å². The predicted molar refractivity (Wildman–Crippen MR) is 52.0 cm³/mol. The maximum Gasteiger partial charge on any atom is 0.418 e. The molecule has 0 aliphatic heterocycles. The molecule has 0 saturated heterocycles. The molecule has 0 aliphatic rings. The van der Waals surface area contributed by atoms with Crippen LogP contribution in [-0.2, 0) is 9.53 Å². The number of allylic oxidation sites excluding steroid dienone is 1. The molecule has 17 heavy (non-hydrogen) atoms. The number of halogens is 3. The Morgan fingerprint density at radius 1 is 1.47 bits per heavy atom. The van der Waals surface area contributed by atoms with Crippen LogP contribution in [0.2, 0.25) is 0 Å². The van der Waals surface area contributed by atoms with E-state index in [0.717, 1.165) is 0 Å². The monoisotopic (exact) mass is 253 g/mol. The van der Waals surface area contributed by atoms with Gasteiger partial charge in [0, 0.05) is 6.08 Å². The number of primary amides is 1. The van der Waals surface area contributed by atoms with Gasteiger partial charge in [-0.25, -0.2) is 15.0 Å². The van der Waals surface area contributed by atoms with Crippen molar-refractivity contribution in [3.63, 3.8) is 0 Å². The van der Waals surface area contributed by atoms with Crippen molar-refractivity contribution in [2.45, 2.75) is 13.1 Å². The van der Waals surface area contributed by atoms with Gasteiger partial charge in [-0.15, -0.1) is 0 Å². The molecule has 6 nitrogen and oxygen atoms in total. The van der Waals surface area contributed by atoms with E-state index in [0.29, 0.717) is 0 Å². The summed E-state index contributed by atoms with van der Waals surface area (Å²) in [6, 6.07) is -1.13. The minimum atomic E-state index is -4.80. The molecule has 0 unspecified atom stereocenters. The molecule has 0 bridgehead atoms. The molecular formula is C8H10F3N3O3. The average molecular weight is 253 g/mol. The van der Waals surface area contributed by atoms with Crippen LogP contribution in [0.1, 0.15) is 6.92 Å². The van der Waals surface area contributed by atoms with E-state index in [2.05, 4.69) is 15.6 Å². The van der Waals surface area contributed by atoms with Crippen molar-refractivity contribution in [1.29, 1.82) is 0 Å². The van der Waals surface area contributed by atoms with Gasteiger partial charge in [0.25, 0.3) is 0 Å². The molecule has 0 spiro atoms. The number of nitrogens with one attached hydrogen (secondary N) is 1. The van der Waals surface area contributed by atoms with Crippen LogP contribution in [0.15, 0.2) is 16.8 Å². The summed E-state index contributed by atoms with van der Waals surface area (Å²) in [6.45, 7) is 1.39. The van der Waals surface area contributed by atoms with Crippen molar-refractivity contribution in [2.24, 2.45) is 10.8 Å². The summed E-state index contributed by atoms with van der Waals surface area (Å²) in [7, 11) is 0. The number of hydrazone groups is 1. The zero-order valence-electron chi connectivity index (χ0n) is 8.75. The molecule has 0 fully saturated rings. The Morgan fingerprint density at radius 2 is 2.06 bits per heavy atom. The average Bonchev–Trinajstić information content (AvgIpc) is 2.14. The molecule has 0 radical (unpaired) electrons. The third-order valence-electron chi connectivity index (χ3n) is 1.27. The molecule has 0 rings (SSSR count). The Labute approximate surface area is 94.3 Å². The second-order valence-corrected chi connectivity index (χ2v) is 2.58. The number of nitrogens with two attached hydrogens (primary N) is 1. The smallest absolute Gasteiger partial charge is 0.418 e. The molecule has 0 saturated carbocycles. The van der Waals surface area contributed by atoms with Crippen LogP contribution < -0.4 is 11.2 Å². The number of ether oxygens (including phenoxy) is 1. The van der Waals surface area contributed by atoms with Gasteiger partial charge < -0.3 is 10.5 Å². The van der Waals surface area contributed by atoms with Crippen molar-refractivity contribution in [3.8, 4) is 0 Å². The largest absolute Gasteiger partial charge is 0.463 e. The highest BCUT2D eigenvalue weighted by atomic mass is 19.4. The zero-order valence-corrected chi connectivity index (χ0v) is 8.75. The fourth-order valence-corrected chi connectivity index (χ4v) is 0.669. The molecule has 3 N–H and O–H groups in total. The maximum atomic E-state index is 12.3. The van der Waals surface area contributed by atoms with Crippen molar-refractivity contribution < 1.29 is 27.5 Å². The topological polar surface area (TPSA) is 93.8 Å². The molecule has 0 aromatic carbocycles. The Balaban J connectivity index is 4.84. The highest BCUT2D eigenvalue weighted by Gasteiger charge is 2.33. The SMILES string of the molecule is CCOC(=O)/C=C(/C=N\NC(N)=O)C(F)(F)F. The molecule has 0 aliphatic carbocycles. The minimum Gasteiger partial charge on any atom is -0.463 e. The molecule has 9 heteroatoms. The van der Waals surface area contributed by atoms with E-state index in [1.165, 1.54) is 6.92 Å². The van der Waals surface area contributed by atoms with Crippen LogP contribution in [0, 0.1) is 0 Å². The van der Waals surface area contributed by atoms with Crippen molar-refractivity contribution in [1.82, 2.24) is 5.43 Å². The van der Waals surface area contributed by atoms with Gasteiger partial charge in [0.1, 0.15) is 0 Å². The molecule has 96 valence electrons. The molecule has 2 amide bonds. The first-order chi connectivity index (χ1) is 7.77. The number of rotatable bonds is 4. The van der Waals surface area contributed by atoms with E-state index >= 15 is 0 Å². The van der Waals surface area contributed by atoms with Gasteiger partial charge in [-0.05, 0) is 6.92 Å². The lowest BCUT2D eigenvalue weighted by atomic mass is 10.2. The Morgan fingerprint density at radius 3 is 2.47 bits per heavy atom. The Kier molecular flexibility index (Phi) is 5.72. The fourth-order valence-electron chi connectivity index (χ4n) is 0.669. The van der Waals surface area contributed by atoms with E-state index in [4.69, 9.17) is 0 Å². The Bertz CT molecular complexity index is 350. The first kappa shape index (κ1) is 14.9. The zero-order chi connectivity index (χ0) is 13.5. The van der Waals surface area contributed by atoms with Gasteiger partial charge >= 0.3 is 18.2 Å². The third-order valence-corrected chi connectivity index (χ3v) is 1.27. The summed E-state index contributed by atoms with van der Waals surface area (Å²) in [6.07, 6.45) is -4.33. The highest BCUT2D eigenvalue weighted by molar-refractivity contribution is 5.92. The summed E-state index contributed by atoms with van der Waals surface area (Å²) in [5.74, 6) is -1.16. The number of carbonyl (C=O) groups is 2. The first-order valence-electron chi connectivity index (χ1n) is 4.31.